The first-order chi connectivity index (χ1) is 16.0. The summed E-state index contributed by atoms with van der Waals surface area (Å²) in [6.07, 6.45) is 2.37. The Morgan fingerprint density at radius 1 is 0.909 bits per heavy atom. The first kappa shape index (κ1) is 23.5. The molecule has 3 heterocycles. The molecule has 8 nitrogen and oxygen atoms in total. The third-order valence-corrected chi connectivity index (χ3v) is 7.10. The number of likely N-dealkylation sites (tertiary alicyclic amines) is 2. The highest BCUT2D eigenvalue weighted by atomic mass is 16.5. The maximum absolute atomic E-state index is 13.3. The van der Waals surface area contributed by atoms with Crippen molar-refractivity contribution in [2.24, 2.45) is 11.8 Å². The van der Waals surface area contributed by atoms with Gasteiger partial charge in [-0.2, -0.15) is 0 Å². The Labute approximate surface area is 195 Å². The molecule has 2 atom stereocenters. The summed E-state index contributed by atoms with van der Waals surface area (Å²) in [7, 11) is 0. The van der Waals surface area contributed by atoms with Crippen molar-refractivity contribution in [3.05, 3.63) is 30.3 Å². The summed E-state index contributed by atoms with van der Waals surface area (Å²) in [5.74, 6) is 1.01. The van der Waals surface area contributed by atoms with Crippen LogP contribution in [0, 0.1) is 11.8 Å². The van der Waals surface area contributed by atoms with Gasteiger partial charge in [0.05, 0.1) is 13.2 Å². The molecule has 4 rings (SSSR count). The van der Waals surface area contributed by atoms with Gasteiger partial charge < -0.3 is 24.2 Å². The number of ether oxygens (including phenoxy) is 2. The average molecular weight is 458 g/mol. The highest BCUT2D eigenvalue weighted by molar-refractivity contribution is 5.80. The zero-order valence-corrected chi connectivity index (χ0v) is 19.5. The second-order valence-electron chi connectivity index (χ2n) is 9.28. The largest absolute Gasteiger partial charge is 0.490 e. The number of nitrogens with zero attached hydrogens (tertiary/aromatic N) is 3. The van der Waals surface area contributed by atoms with Crippen molar-refractivity contribution in [3.8, 4) is 5.75 Å². The summed E-state index contributed by atoms with van der Waals surface area (Å²) in [5.41, 5.74) is 0. The first-order valence-electron chi connectivity index (χ1n) is 12.1. The van der Waals surface area contributed by atoms with E-state index in [0.717, 1.165) is 5.75 Å². The smallest absolute Gasteiger partial charge is 0.225 e. The van der Waals surface area contributed by atoms with Crippen molar-refractivity contribution in [3.63, 3.8) is 0 Å². The molecule has 1 aromatic rings. The highest BCUT2D eigenvalue weighted by Gasteiger charge is 2.38. The van der Waals surface area contributed by atoms with Gasteiger partial charge >= 0.3 is 0 Å². The van der Waals surface area contributed by atoms with Crippen LogP contribution in [0.25, 0.3) is 0 Å². The lowest BCUT2D eigenvalue weighted by Crippen LogP contribution is -2.52. The van der Waals surface area contributed by atoms with Crippen LogP contribution in [-0.4, -0.2) is 91.0 Å². The van der Waals surface area contributed by atoms with Gasteiger partial charge in [-0.05, 0) is 25.0 Å². The Morgan fingerprint density at radius 2 is 1.58 bits per heavy atom. The third-order valence-electron chi connectivity index (χ3n) is 7.10. The summed E-state index contributed by atoms with van der Waals surface area (Å²) < 4.78 is 11.7. The van der Waals surface area contributed by atoms with Gasteiger partial charge in [-0.3, -0.25) is 14.4 Å². The third kappa shape index (κ3) is 6.05. The molecule has 3 aliphatic rings. The summed E-state index contributed by atoms with van der Waals surface area (Å²) in [6, 6.07) is 9.69. The van der Waals surface area contributed by atoms with Crippen molar-refractivity contribution in [1.29, 1.82) is 0 Å². The number of rotatable bonds is 5. The number of hydrogen-bond donors (Lipinski definition) is 0. The van der Waals surface area contributed by atoms with Gasteiger partial charge in [0.15, 0.2) is 0 Å². The molecule has 3 fully saturated rings. The average Bonchev–Trinajstić information content (AvgIpc) is 2.86. The van der Waals surface area contributed by atoms with Crippen LogP contribution in [0.5, 0.6) is 5.75 Å². The number of benzene rings is 1. The van der Waals surface area contributed by atoms with E-state index in [2.05, 4.69) is 0 Å². The van der Waals surface area contributed by atoms with Crippen molar-refractivity contribution in [2.75, 3.05) is 52.5 Å². The molecule has 0 radical (unpaired) electrons. The number of para-hydroxylation sites is 1. The molecule has 0 spiro atoms. The minimum absolute atomic E-state index is 0.0530. The summed E-state index contributed by atoms with van der Waals surface area (Å²) in [4.78, 5) is 43.5. The standard InChI is InChI=1S/C25H35N3O5/c1-19(29)26-10-7-20(8-11-26)25(31)28-12-9-23(33-22-5-3-2-4-6-22)21(18-28)17-24(30)27-13-15-32-16-14-27/h2-6,20-21,23H,7-18H2,1H3/t21-,23-/m0/s1. The number of carbonyl (C=O) groups is 3. The molecular formula is C25H35N3O5. The van der Waals surface area contributed by atoms with Crippen LogP contribution >= 0.6 is 0 Å². The van der Waals surface area contributed by atoms with E-state index in [1.165, 1.54) is 0 Å². The minimum Gasteiger partial charge on any atom is -0.490 e. The lowest BCUT2D eigenvalue weighted by molar-refractivity contribution is -0.145. The summed E-state index contributed by atoms with van der Waals surface area (Å²) in [5, 5.41) is 0. The van der Waals surface area contributed by atoms with Gasteiger partial charge in [-0.15, -0.1) is 0 Å². The Bertz CT molecular complexity index is 819. The van der Waals surface area contributed by atoms with E-state index in [9.17, 15) is 14.4 Å². The molecular weight excluding hydrogens is 422 g/mol. The monoisotopic (exact) mass is 457 g/mol. The van der Waals surface area contributed by atoms with Crippen LogP contribution in [0.4, 0.5) is 0 Å². The molecule has 0 aliphatic carbocycles. The van der Waals surface area contributed by atoms with Crippen LogP contribution in [0.3, 0.4) is 0 Å². The predicted molar refractivity (Wildman–Crippen MR) is 123 cm³/mol. The van der Waals surface area contributed by atoms with Crippen molar-refractivity contribution < 1.29 is 23.9 Å². The van der Waals surface area contributed by atoms with E-state index in [0.29, 0.717) is 78.2 Å². The Hall–Kier alpha value is -2.61. The number of carbonyl (C=O) groups excluding carboxylic acids is 3. The lowest BCUT2D eigenvalue weighted by atomic mass is 9.88. The van der Waals surface area contributed by atoms with Gasteiger partial charge in [0, 0.05) is 70.9 Å². The molecule has 0 unspecified atom stereocenters. The van der Waals surface area contributed by atoms with E-state index in [4.69, 9.17) is 9.47 Å². The zero-order valence-electron chi connectivity index (χ0n) is 19.5. The molecule has 3 saturated heterocycles. The maximum Gasteiger partial charge on any atom is 0.225 e. The second kappa shape index (κ2) is 11.0. The second-order valence-corrected chi connectivity index (χ2v) is 9.28. The molecule has 3 aliphatic heterocycles. The molecule has 0 bridgehead atoms. The number of amides is 3. The highest BCUT2D eigenvalue weighted by Crippen LogP contribution is 2.29. The van der Waals surface area contributed by atoms with E-state index in [1.54, 1.807) is 6.92 Å². The van der Waals surface area contributed by atoms with E-state index in [-0.39, 0.29) is 35.7 Å². The topological polar surface area (TPSA) is 79.4 Å². The van der Waals surface area contributed by atoms with E-state index >= 15 is 0 Å². The van der Waals surface area contributed by atoms with Gasteiger partial charge in [-0.1, -0.05) is 18.2 Å². The SMILES string of the molecule is CC(=O)N1CCC(C(=O)N2CC[C@H](Oc3ccccc3)[C@@H](CC(=O)N3CCOCC3)C2)CC1. The molecule has 3 amide bonds. The summed E-state index contributed by atoms with van der Waals surface area (Å²) >= 11 is 0. The van der Waals surface area contributed by atoms with Crippen molar-refractivity contribution in [1.82, 2.24) is 14.7 Å². The van der Waals surface area contributed by atoms with Gasteiger partial charge in [0.2, 0.25) is 17.7 Å². The predicted octanol–water partition coefficient (Wildman–Crippen LogP) is 1.79. The number of morpholine rings is 1. The zero-order chi connectivity index (χ0) is 23.2. The fourth-order valence-electron chi connectivity index (χ4n) is 5.10. The Morgan fingerprint density at radius 3 is 2.24 bits per heavy atom. The molecule has 33 heavy (non-hydrogen) atoms. The maximum atomic E-state index is 13.3. The lowest BCUT2D eigenvalue weighted by Gasteiger charge is -2.41. The van der Waals surface area contributed by atoms with Crippen LogP contribution in [0.2, 0.25) is 0 Å². The molecule has 0 N–H and O–H groups in total. The van der Waals surface area contributed by atoms with Gasteiger partial charge in [-0.25, -0.2) is 0 Å². The van der Waals surface area contributed by atoms with Crippen LogP contribution in [0.15, 0.2) is 30.3 Å². The van der Waals surface area contributed by atoms with E-state index in [1.807, 2.05) is 45.0 Å². The molecule has 0 saturated carbocycles. The molecule has 8 heteroatoms. The fraction of sp³-hybridized carbons (Fsp3) is 0.640. The van der Waals surface area contributed by atoms with Crippen LogP contribution in [0.1, 0.15) is 32.6 Å². The van der Waals surface area contributed by atoms with Crippen LogP contribution < -0.4 is 4.74 Å². The summed E-state index contributed by atoms with van der Waals surface area (Å²) in [6.45, 7) is 6.39. The van der Waals surface area contributed by atoms with Gasteiger partial charge in [0.1, 0.15) is 11.9 Å². The van der Waals surface area contributed by atoms with Gasteiger partial charge in [0.25, 0.3) is 0 Å². The van der Waals surface area contributed by atoms with E-state index < -0.39 is 0 Å². The Kier molecular flexibility index (Phi) is 7.85. The molecule has 1 aromatic carbocycles. The number of hydrogen-bond acceptors (Lipinski definition) is 5. The minimum atomic E-state index is -0.110. The van der Waals surface area contributed by atoms with Crippen molar-refractivity contribution in [2.45, 2.75) is 38.7 Å². The molecule has 180 valence electrons. The van der Waals surface area contributed by atoms with Crippen molar-refractivity contribution >= 4 is 17.7 Å². The van der Waals surface area contributed by atoms with Crippen LogP contribution in [-0.2, 0) is 19.1 Å². The fourth-order valence-corrected chi connectivity index (χ4v) is 5.10. The Balaban J connectivity index is 1.41. The normalized spacial score (nSPS) is 24.5. The molecule has 0 aromatic heterocycles. The first-order valence-corrected chi connectivity index (χ1v) is 12.1. The number of piperidine rings is 2. The quantitative estimate of drug-likeness (QED) is 0.674.